The number of aromatic amines is 1. The maximum atomic E-state index is 12.7. The van der Waals surface area contributed by atoms with Crippen molar-refractivity contribution in [2.75, 3.05) is 19.6 Å². The molecule has 0 aliphatic carbocycles. The van der Waals surface area contributed by atoms with Gasteiger partial charge in [-0.1, -0.05) is 18.2 Å². The Bertz CT molecular complexity index is 858. The number of fused-ring (bicyclic) bond motifs is 3. The fourth-order valence-corrected chi connectivity index (χ4v) is 3.48. The highest BCUT2D eigenvalue weighted by atomic mass is 16.1. The third-order valence-electron chi connectivity index (χ3n) is 4.75. The van der Waals surface area contributed by atoms with Crippen LogP contribution in [-0.2, 0) is 6.54 Å². The average molecular weight is 297 g/mol. The summed E-state index contributed by atoms with van der Waals surface area (Å²) >= 11 is 0. The van der Waals surface area contributed by atoms with Crippen molar-refractivity contribution in [2.45, 2.75) is 25.8 Å². The fraction of sp³-hybridized carbons (Fsp3) is 0.412. The maximum Gasteiger partial charge on any atom is 0.277 e. The van der Waals surface area contributed by atoms with Crippen molar-refractivity contribution in [2.24, 2.45) is 0 Å². The van der Waals surface area contributed by atoms with E-state index in [1.165, 1.54) is 32.4 Å². The van der Waals surface area contributed by atoms with Crippen LogP contribution in [0.2, 0.25) is 0 Å². The first kappa shape index (κ1) is 13.5. The van der Waals surface area contributed by atoms with Crippen LogP contribution in [0.1, 0.15) is 19.3 Å². The van der Waals surface area contributed by atoms with Crippen molar-refractivity contribution in [3.63, 3.8) is 0 Å². The monoisotopic (exact) mass is 297 g/mol. The van der Waals surface area contributed by atoms with Crippen molar-refractivity contribution < 1.29 is 4.90 Å². The van der Waals surface area contributed by atoms with E-state index in [4.69, 9.17) is 0 Å². The normalized spacial score (nSPS) is 16.5. The zero-order valence-electron chi connectivity index (χ0n) is 12.6. The third kappa shape index (κ3) is 2.31. The van der Waals surface area contributed by atoms with Gasteiger partial charge in [0.15, 0.2) is 0 Å². The Kier molecular flexibility index (Phi) is 3.42. The van der Waals surface area contributed by atoms with Gasteiger partial charge in [0.05, 0.1) is 32.5 Å². The molecule has 0 spiro atoms. The molecular formula is C17H21N4O+. The van der Waals surface area contributed by atoms with Crippen LogP contribution in [0.3, 0.4) is 0 Å². The Labute approximate surface area is 128 Å². The molecule has 5 nitrogen and oxygen atoms in total. The standard InChI is InChI=1S/C17H20N4O/c22-17-16-15(13-6-2-3-7-14(13)19-16)18-12-21(17)11-10-20-8-4-1-5-9-20/h2-3,6-7,12,19H,1,4-5,8-11H2/p+1. The van der Waals surface area contributed by atoms with Crippen LogP contribution in [0.5, 0.6) is 0 Å². The van der Waals surface area contributed by atoms with E-state index < -0.39 is 0 Å². The first-order valence-electron chi connectivity index (χ1n) is 8.12. The lowest BCUT2D eigenvalue weighted by Gasteiger charge is -2.23. The maximum absolute atomic E-state index is 12.7. The van der Waals surface area contributed by atoms with Crippen molar-refractivity contribution >= 4 is 21.9 Å². The van der Waals surface area contributed by atoms with Gasteiger partial charge in [-0.15, -0.1) is 0 Å². The number of nitrogens with one attached hydrogen (secondary N) is 2. The number of benzene rings is 1. The number of H-pyrrole nitrogens is 1. The summed E-state index contributed by atoms with van der Waals surface area (Å²) in [5.41, 5.74) is 2.42. The van der Waals surface area contributed by atoms with Crippen molar-refractivity contribution in [3.05, 3.63) is 40.9 Å². The third-order valence-corrected chi connectivity index (χ3v) is 4.75. The summed E-state index contributed by atoms with van der Waals surface area (Å²) in [4.78, 5) is 22.0. The highest BCUT2D eigenvalue weighted by Gasteiger charge is 2.15. The fourth-order valence-electron chi connectivity index (χ4n) is 3.48. The topological polar surface area (TPSA) is 55.1 Å². The largest absolute Gasteiger partial charge is 0.349 e. The van der Waals surface area contributed by atoms with Crippen LogP contribution in [0.25, 0.3) is 21.9 Å². The van der Waals surface area contributed by atoms with Gasteiger partial charge in [0.25, 0.3) is 5.56 Å². The molecule has 114 valence electrons. The molecule has 3 aromatic rings. The summed E-state index contributed by atoms with van der Waals surface area (Å²) in [6.45, 7) is 4.22. The van der Waals surface area contributed by atoms with E-state index in [1.807, 2.05) is 24.3 Å². The molecule has 2 aromatic heterocycles. The zero-order chi connectivity index (χ0) is 14.9. The summed E-state index contributed by atoms with van der Waals surface area (Å²) in [5.74, 6) is 0. The highest BCUT2D eigenvalue weighted by Crippen LogP contribution is 2.20. The van der Waals surface area contributed by atoms with E-state index in [-0.39, 0.29) is 5.56 Å². The van der Waals surface area contributed by atoms with Crippen LogP contribution < -0.4 is 10.5 Å². The molecule has 1 saturated heterocycles. The summed E-state index contributed by atoms with van der Waals surface area (Å²) in [6.07, 6.45) is 5.67. The molecule has 0 saturated carbocycles. The molecule has 0 bridgehead atoms. The quantitative estimate of drug-likeness (QED) is 0.756. The van der Waals surface area contributed by atoms with Gasteiger partial charge in [-0.05, 0) is 25.3 Å². The number of rotatable bonds is 3. The lowest BCUT2D eigenvalue weighted by Crippen LogP contribution is -3.13. The summed E-state index contributed by atoms with van der Waals surface area (Å²) in [6, 6.07) is 7.93. The van der Waals surface area contributed by atoms with E-state index >= 15 is 0 Å². The predicted molar refractivity (Wildman–Crippen MR) is 87.3 cm³/mol. The minimum atomic E-state index is 0.0395. The Morgan fingerprint density at radius 3 is 2.86 bits per heavy atom. The van der Waals surface area contributed by atoms with Gasteiger partial charge in [-0.2, -0.15) is 0 Å². The first-order valence-corrected chi connectivity index (χ1v) is 8.12. The first-order chi connectivity index (χ1) is 10.8. The predicted octanol–water partition coefficient (Wildman–Crippen LogP) is 0.947. The lowest BCUT2D eigenvalue weighted by atomic mass is 10.1. The number of nitrogens with zero attached hydrogens (tertiary/aromatic N) is 2. The molecule has 1 aliphatic rings. The van der Waals surface area contributed by atoms with Gasteiger partial charge in [0.1, 0.15) is 11.0 Å². The van der Waals surface area contributed by atoms with Gasteiger partial charge in [0, 0.05) is 10.9 Å². The smallest absolute Gasteiger partial charge is 0.277 e. The molecule has 22 heavy (non-hydrogen) atoms. The van der Waals surface area contributed by atoms with Gasteiger partial charge < -0.3 is 9.88 Å². The molecule has 4 rings (SSSR count). The number of hydrogen-bond donors (Lipinski definition) is 2. The lowest BCUT2D eigenvalue weighted by molar-refractivity contribution is -0.905. The molecule has 5 heteroatoms. The van der Waals surface area contributed by atoms with E-state index in [0.29, 0.717) is 5.52 Å². The van der Waals surface area contributed by atoms with Gasteiger partial charge in [-0.25, -0.2) is 4.98 Å². The summed E-state index contributed by atoms with van der Waals surface area (Å²) < 4.78 is 1.75. The molecule has 2 N–H and O–H groups in total. The van der Waals surface area contributed by atoms with Crippen LogP contribution in [-0.4, -0.2) is 34.2 Å². The Morgan fingerprint density at radius 2 is 2.00 bits per heavy atom. The second-order valence-corrected chi connectivity index (χ2v) is 6.20. The average Bonchev–Trinajstić information content (AvgIpc) is 2.95. The number of likely N-dealkylation sites (tertiary alicyclic amines) is 1. The SMILES string of the molecule is O=c1c2[nH]c3ccccc3c2ncn1CC[NH+]1CCCCC1. The molecule has 0 radical (unpaired) electrons. The number of quaternary nitrogens is 1. The number of hydrogen-bond acceptors (Lipinski definition) is 2. The van der Waals surface area contributed by atoms with Crippen molar-refractivity contribution in [1.82, 2.24) is 14.5 Å². The van der Waals surface area contributed by atoms with Crippen LogP contribution >= 0.6 is 0 Å². The molecular weight excluding hydrogens is 276 g/mol. The van der Waals surface area contributed by atoms with Gasteiger partial charge in [0.2, 0.25) is 0 Å². The van der Waals surface area contributed by atoms with E-state index in [9.17, 15) is 4.79 Å². The number of aromatic nitrogens is 3. The number of piperidine rings is 1. The van der Waals surface area contributed by atoms with Gasteiger partial charge in [-0.3, -0.25) is 9.36 Å². The Morgan fingerprint density at radius 1 is 1.18 bits per heavy atom. The minimum absolute atomic E-state index is 0.0395. The molecule has 0 atom stereocenters. The van der Waals surface area contributed by atoms with Crippen LogP contribution in [0.15, 0.2) is 35.4 Å². The summed E-state index contributed by atoms with van der Waals surface area (Å²) in [5, 5.41) is 1.02. The van der Waals surface area contributed by atoms with E-state index in [0.717, 1.165) is 29.5 Å². The highest BCUT2D eigenvalue weighted by molar-refractivity contribution is 6.04. The Hall–Kier alpha value is -2.14. The molecule has 1 aromatic carbocycles. The van der Waals surface area contributed by atoms with E-state index in [1.54, 1.807) is 15.8 Å². The molecule has 1 aliphatic heterocycles. The Balaban J connectivity index is 1.65. The second kappa shape index (κ2) is 5.57. The molecule has 3 heterocycles. The van der Waals surface area contributed by atoms with Gasteiger partial charge >= 0.3 is 0 Å². The van der Waals surface area contributed by atoms with E-state index in [2.05, 4.69) is 9.97 Å². The molecule has 1 fully saturated rings. The van der Waals surface area contributed by atoms with Crippen molar-refractivity contribution in [3.8, 4) is 0 Å². The van der Waals surface area contributed by atoms with Crippen molar-refractivity contribution in [1.29, 1.82) is 0 Å². The van der Waals surface area contributed by atoms with Crippen LogP contribution in [0.4, 0.5) is 0 Å². The number of para-hydroxylation sites is 1. The molecule has 0 unspecified atom stereocenters. The zero-order valence-corrected chi connectivity index (χ0v) is 12.6. The minimum Gasteiger partial charge on any atom is -0.349 e. The summed E-state index contributed by atoms with van der Waals surface area (Å²) in [7, 11) is 0. The second-order valence-electron chi connectivity index (χ2n) is 6.20. The van der Waals surface area contributed by atoms with Crippen LogP contribution in [0, 0.1) is 0 Å². The molecule has 0 amide bonds.